The van der Waals surface area contributed by atoms with Crippen molar-refractivity contribution < 1.29 is 0 Å². The zero-order chi connectivity index (χ0) is 22.7. The number of pyridine rings is 1. The quantitative estimate of drug-likeness (QED) is 0.463. The van der Waals surface area contributed by atoms with E-state index in [0.717, 1.165) is 79.1 Å². The minimum atomic E-state index is 0.104. The number of fused-ring (bicyclic) bond motifs is 3. The summed E-state index contributed by atoms with van der Waals surface area (Å²) >= 11 is 0. The van der Waals surface area contributed by atoms with E-state index in [1.807, 2.05) is 18.5 Å². The molecule has 3 aromatic heterocycles. The fourth-order valence-corrected chi connectivity index (χ4v) is 6.15. The lowest BCUT2D eigenvalue weighted by Gasteiger charge is -2.36. The van der Waals surface area contributed by atoms with Crippen LogP contribution < -0.4 is 10.6 Å². The molecule has 3 N–H and O–H groups in total. The van der Waals surface area contributed by atoms with E-state index in [1.165, 1.54) is 16.7 Å². The summed E-state index contributed by atoms with van der Waals surface area (Å²) in [4.78, 5) is 16.5. The van der Waals surface area contributed by atoms with Crippen molar-refractivity contribution in [1.29, 1.82) is 0 Å². The first-order valence-corrected chi connectivity index (χ1v) is 12.2. The van der Waals surface area contributed by atoms with E-state index in [1.54, 1.807) is 0 Å². The lowest BCUT2D eigenvalue weighted by Crippen LogP contribution is -2.33. The summed E-state index contributed by atoms with van der Waals surface area (Å²) in [7, 11) is 0. The van der Waals surface area contributed by atoms with Crippen LogP contribution in [0.1, 0.15) is 54.2 Å². The van der Waals surface area contributed by atoms with Gasteiger partial charge < -0.3 is 10.6 Å². The Morgan fingerprint density at radius 1 is 1.09 bits per heavy atom. The van der Waals surface area contributed by atoms with Gasteiger partial charge in [0, 0.05) is 18.8 Å². The maximum absolute atomic E-state index is 6.74. The number of aryl methyl sites for hydroxylation is 1. The summed E-state index contributed by atoms with van der Waals surface area (Å²) < 4.78 is 0. The van der Waals surface area contributed by atoms with Crippen LogP contribution >= 0.6 is 0 Å². The van der Waals surface area contributed by atoms with Crippen molar-refractivity contribution in [3.8, 4) is 0 Å². The number of hydrogen-bond acceptors (Lipinski definition) is 6. The van der Waals surface area contributed by atoms with E-state index in [0.29, 0.717) is 0 Å². The Morgan fingerprint density at radius 3 is 2.91 bits per heavy atom. The molecule has 1 aliphatic heterocycles. The summed E-state index contributed by atoms with van der Waals surface area (Å²) in [6, 6.07) is 12.8. The molecule has 1 spiro atoms. The average molecular weight is 450 g/mol. The molecule has 1 aromatic carbocycles. The molecule has 7 nitrogen and oxygen atoms in total. The van der Waals surface area contributed by atoms with Gasteiger partial charge in [-0.05, 0) is 72.8 Å². The zero-order valence-corrected chi connectivity index (χ0v) is 19.0. The lowest BCUT2D eigenvalue weighted by atomic mass is 9.70. The second kappa shape index (κ2) is 7.46. The van der Waals surface area contributed by atoms with Crippen LogP contribution in [-0.2, 0) is 12.8 Å². The van der Waals surface area contributed by atoms with Crippen LogP contribution in [0.3, 0.4) is 0 Å². The van der Waals surface area contributed by atoms with Gasteiger partial charge in [-0.3, -0.25) is 10.1 Å². The molecule has 0 saturated carbocycles. The molecular formula is C27H27N7. The van der Waals surface area contributed by atoms with Crippen molar-refractivity contribution in [1.82, 2.24) is 25.1 Å². The third-order valence-electron chi connectivity index (χ3n) is 8.03. The van der Waals surface area contributed by atoms with Crippen LogP contribution in [0.25, 0.3) is 16.7 Å². The van der Waals surface area contributed by atoms with Crippen LogP contribution in [-0.4, -0.2) is 31.7 Å². The molecule has 170 valence electrons. The van der Waals surface area contributed by atoms with Crippen molar-refractivity contribution in [2.45, 2.75) is 44.6 Å². The van der Waals surface area contributed by atoms with Crippen molar-refractivity contribution in [2.24, 2.45) is 11.1 Å². The van der Waals surface area contributed by atoms with Crippen LogP contribution in [0.15, 0.2) is 54.9 Å². The van der Waals surface area contributed by atoms with Gasteiger partial charge in [-0.1, -0.05) is 30.3 Å². The van der Waals surface area contributed by atoms with E-state index < -0.39 is 0 Å². The highest BCUT2D eigenvalue weighted by atomic mass is 15.3. The van der Waals surface area contributed by atoms with Crippen LogP contribution in [0.4, 0.5) is 11.5 Å². The highest BCUT2D eigenvalue weighted by molar-refractivity contribution is 5.87. The molecule has 0 unspecified atom stereocenters. The van der Waals surface area contributed by atoms with E-state index in [4.69, 9.17) is 15.7 Å². The minimum absolute atomic E-state index is 0.104. The number of benzene rings is 1. The summed E-state index contributed by atoms with van der Waals surface area (Å²) in [5.41, 5.74) is 15.6. The molecule has 0 bridgehead atoms. The summed E-state index contributed by atoms with van der Waals surface area (Å²) in [5.74, 6) is 0.828. The predicted octanol–water partition coefficient (Wildman–Crippen LogP) is 4.64. The summed E-state index contributed by atoms with van der Waals surface area (Å²) in [5, 5.41) is 7.74. The monoisotopic (exact) mass is 449 g/mol. The number of anilines is 2. The van der Waals surface area contributed by atoms with Crippen molar-refractivity contribution in [3.63, 3.8) is 0 Å². The van der Waals surface area contributed by atoms with Gasteiger partial charge in [-0.2, -0.15) is 5.10 Å². The maximum Gasteiger partial charge on any atom is 0.183 e. The Kier molecular flexibility index (Phi) is 4.36. The number of hydrogen-bond donors (Lipinski definition) is 2. The molecule has 7 rings (SSSR count). The van der Waals surface area contributed by atoms with Gasteiger partial charge in [0.15, 0.2) is 17.0 Å². The molecule has 0 saturated heterocycles. The van der Waals surface area contributed by atoms with Crippen molar-refractivity contribution >= 4 is 28.2 Å². The fourth-order valence-electron chi connectivity index (χ4n) is 6.15. The summed E-state index contributed by atoms with van der Waals surface area (Å²) in [6.45, 7) is 0.901. The van der Waals surface area contributed by atoms with Crippen molar-refractivity contribution in [2.75, 3.05) is 11.4 Å². The Labute approximate surface area is 198 Å². The Hall–Kier alpha value is -3.58. The Morgan fingerprint density at radius 2 is 2.03 bits per heavy atom. The number of allylic oxidation sites excluding steroid dienone is 2. The van der Waals surface area contributed by atoms with Gasteiger partial charge in [-0.25, -0.2) is 9.97 Å². The lowest BCUT2D eigenvalue weighted by molar-refractivity contribution is 0.224. The number of aromatic amines is 1. The molecule has 3 aliphatic rings. The molecule has 0 amide bonds. The molecule has 2 atom stereocenters. The highest BCUT2D eigenvalue weighted by Gasteiger charge is 2.44. The molecule has 34 heavy (non-hydrogen) atoms. The van der Waals surface area contributed by atoms with Gasteiger partial charge >= 0.3 is 0 Å². The van der Waals surface area contributed by atoms with E-state index in [9.17, 15) is 0 Å². The van der Waals surface area contributed by atoms with Gasteiger partial charge in [-0.15, -0.1) is 0 Å². The predicted molar refractivity (Wildman–Crippen MR) is 133 cm³/mol. The third kappa shape index (κ3) is 2.93. The van der Waals surface area contributed by atoms with Gasteiger partial charge in [0.25, 0.3) is 0 Å². The van der Waals surface area contributed by atoms with Crippen LogP contribution in [0.5, 0.6) is 0 Å². The second-order valence-corrected chi connectivity index (χ2v) is 9.87. The molecule has 7 heteroatoms. The third-order valence-corrected chi connectivity index (χ3v) is 8.03. The minimum Gasteiger partial charge on any atom is -0.323 e. The molecule has 0 radical (unpaired) electrons. The molecule has 0 fully saturated rings. The zero-order valence-electron chi connectivity index (χ0n) is 19.0. The van der Waals surface area contributed by atoms with E-state index in [2.05, 4.69) is 56.5 Å². The van der Waals surface area contributed by atoms with Crippen LogP contribution in [0.2, 0.25) is 0 Å². The van der Waals surface area contributed by atoms with E-state index >= 15 is 0 Å². The Balaban J connectivity index is 1.18. The molecule has 4 aromatic rings. The Bertz CT molecular complexity index is 1440. The van der Waals surface area contributed by atoms with Gasteiger partial charge in [0.05, 0.1) is 23.3 Å². The SMILES string of the molecule is N[C@@H]1c2ccccc2C[C@]12CC=C(c1cnc3c(N4CCCc5ncccc54)n[nH]c3n1)CC2. The largest absolute Gasteiger partial charge is 0.323 e. The average Bonchev–Trinajstić information content (AvgIpc) is 3.43. The van der Waals surface area contributed by atoms with E-state index in [-0.39, 0.29) is 11.5 Å². The topological polar surface area (TPSA) is 96.6 Å². The first-order valence-electron chi connectivity index (χ1n) is 12.2. The smallest absolute Gasteiger partial charge is 0.183 e. The number of H-pyrrole nitrogens is 1. The standard InChI is InChI=1S/C27H27N7/c28-24-19-6-2-1-5-18(19)15-27(24)11-9-17(10-12-27)21-16-30-23-25(31-21)32-33-26(23)34-14-4-7-20-22(34)8-3-13-29-20/h1-3,5-6,8-9,13,16,24H,4,7,10-12,14-15,28H2,(H,31,32,33)/t24-,27-/m1/s1. The normalized spacial score (nSPS) is 23.7. The van der Waals surface area contributed by atoms with Gasteiger partial charge in [0.1, 0.15) is 0 Å². The molecule has 4 heterocycles. The van der Waals surface area contributed by atoms with Crippen molar-refractivity contribution in [3.05, 3.63) is 77.4 Å². The maximum atomic E-state index is 6.74. The molecule has 2 aliphatic carbocycles. The first-order chi connectivity index (χ1) is 16.7. The summed E-state index contributed by atoms with van der Waals surface area (Å²) in [6.07, 6.45) is 12.2. The van der Waals surface area contributed by atoms with Gasteiger partial charge in [0.2, 0.25) is 0 Å². The molecular weight excluding hydrogens is 422 g/mol. The highest BCUT2D eigenvalue weighted by Crippen LogP contribution is 2.53. The number of nitrogens with two attached hydrogens (primary N) is 1. The number of rotatable bonds is 2. The number of nitrogens with one attached hydrogen (secondary N) is 1. The fraction of sp³-hybridized carbons (Fsp3) is 0.333. The number of nitrogens with zero attached hydrogens (tertiary/aromatic N) is 5. The first kappa shape index (κ1) is 19.9. The van der Waals surface area contributed by atoms with Crippen LogP contribution in [0, 0.1) is 5.41 Å². The second-order valence-electron chi connectivity index (χ2n) is 9.87. The number of aromatic nitrogens is 5.